The highest BCUT2D eigenvalue weighted by atomic mass is 32.2. The third-order valence-corrected chi connectivity index (χ3v) is 4.32. The second kappa shape index (κ2) is 6.81. The summed E-state index contributed by atoms with van der Waals surface area (Å²) in [4.78, 5) is 1.37. The molecule has 1 atom stereocenters. The molecule has 0 amide bonds. The second-order valence-corrected chi connectivity index (χ2v) is 5.83. The van der Waals surface area contributed by atoms with Crippen molar-refractivity contribution in [1.29, 1.82) is 0 Å². The summed E-state index contributed by atoms with van der Waals surface area (Å²) in [6.45, 7) is 6.63. The molecule has 0 aliphatic heterocycles. The topological polar surface area (TPSA) is 12.0 Å². The van der Waals surface area contributed by atoms with Crippen LogP contribution in [0, 0.1) is 5.92 Å². The van der Waals surface area contributed by atoms with Gasteiger partial charge in [-0.25, -0.2) is 0 Å². The van der Waals surface area contributed by atoms with Crippen LogP contribution < -0.4 is 5.32 Å². The van der Waals surface area contributed by atoms with E-state index in [4.69, 9.17) is 0 Å². The van der Waals surface area contributed by atoms with Crippen LogP contribution in [-0.2, 0) is 0 Å². The molecule has 18 heavy (non-hydrogen) atoms. The minimum atomic E-state index is 0.710. The zero-order valence-electron chi connectivity index (χ0n) is 11.1. The van der Waals surface area contributed by atoms with Crippen LogP contribution in [0.15, 0.2) is 47.4 Å². The average molecular weight is 259 g/mol. The normalized spacial score (nSPS) is 12.8. The van der Waals surface area contributed by atoms with Crippen molar-refractivity contribution in [3.05, 3.63) is 42.5 Å². The number of hydrogen-bond donors (Lipinski definition) is 1. The number of hydrogen-bond acceptors (Lipinski definition) is 2. The summed E-state index contributed by atoms with van der Waals surface area (Å²) in [5.74, 6) is 1.88. The van der Waals surface area contributed by atoms with Crippen LogP contribution in [-0.4, -0.2) is 18.8 Å². The second-order valence-electron chi connectivity index (χ2n) is 4.73. The van der Waals surface area contributed by atoms with Gasteiger partial charge in [0, 0.05) is 10.6 Å². The van der Waals surface area contributed by atoms with E-state index >= 15 is 0 Å². The van der Waals surface area contributed by atoms with Crippen LogP contribution in [0.2, 0.25) is 0 Å². The van der Waals surface area contributed by atoms with Gasteiger partial charge in [0.05, 0.1) is 0 Å². The Morgan fingerprint density at radius 2 is 1.89 bits per heavy atom. The van der Waals surface area contributed by atoms with Crippen molar-refractivity contribution in [2.24, 2.45) is 5.92 Å². The SMILES string of the molecule is CCNCC(C)CSc1ccc2ccccc2c1. The van der Waals surface area contributed by atoms with Gasteiger partial charge < -0.3 is 5.32 Å². The molecule has 0 aliphatic carbocycles. The molecule has 96 valence electrons. The first kappa shape index (κ1) is 13.4. The number of rotatable bonds is 6. The number of benzene rings is 2. The molecule has 0 heterocycles. The standard InChI is InChI=1S/C16H21NS/c1-3-17-11-13(2)12-18-16-9-8-14-6-4-5-7-15(14)10-16/h4-10,13,17H,3,11-12H2,1-2H3. The van der Waals surface area contributed by atoms with Gasteiger partial charge >= 0.3 is 0 Å². The summed E-state index contributed by atoms with van der Waals surface area (Å²) >= 11 is 1.95. The summed E-state index contributed by atoms with van der Waals surface area (Å²) in [5.41, 5.74) is 0. The van der Waals surface area contributed by atoms with E-state index in [0.29, 0.717) is 5.92 Å². The fraction of sp³-hybridized carbons (Fsp3) is 0.375. The highest BCUT2D eigenvalue weighted by molar-refractivity contribution is 7.99. The van der Waals surface area contributed by atoms with Crippen molar-refractivity contribution in [2.75, 3.05) is 18.8 Å². The van der Waals surface area contributed by atoms with Crippen LogP contribution in [0.1, 0.15) is 13.8 Å². The van der Waals surface area contributed by atoms with E-state index in [1.807, 2.05) is 11.8 Å². The predicted octanol–water partition coefficient (Wildman–Crippen LogP) is 4.18. The molecule has 1 N–H and O–H groups in total. The van der Waals surface area contributed by atoms with Crippen molar-refractivity contribution in [3.8, 4) is 0 Å². The Balaban J connectivity index is 1.95. The molecule has 0 radical (unpaired) electrons. The molecular formula is C16H21NS. The zero-order chi connectivity index (χ0) is 12.8. The summed E-state index contributed by atoms with van der Waals surface area (Å²) < 4.78 is 0. The molecule has 2 heteroatoms. The molecule has 2 aromatic carbocycles. The van der Waals surface area contributed by atoms with Gasteiger partial charge in [-0.15, -0.1) is 11.8 Å². The Bertz CT molecular complexity index is 495. The molecule has 1 unspecified atom stereocenters. The fourth-order valence-corrected chi connectivity index (χ4v) is 2.91. The third-order valence-electron chi connectivity index (χ3n) is 3.00. The Morgan fingerprint density at radius 1 is 1.11 bits per heavy atom. The highest BCUT2D eigenvalue weighted by Crippen LogP contribution is 2.25. The van der Waals surface area contributed by atoms with Gasteiger partial charge in [-0.3, -0.25) is 0 Å². The Labute approximate surface area is 114 Å². The zero-order valence-corrected chi connectivity index (χ0v) is 12.0. The van der Waals surface area contributed by atoms with E-state index in [0.717, 1.165) is 13.1 Å². The number of fused-ring (bicyclic) bond motifs is 1. The van der Waals surface area contributed by atoms with Crippen molar-refractivity contribution in [2.45, 2.75) is 18.7 Å². The predicted molar refractivity (Wildman–Crippen MR) is 82.4 cm³/mol. The number of nitrogens with one attached hydrogen (secondary N) is 1. The molecule has 0 spiro atoms. The lowest BCUT2D eigenvalue weighted by Gasteiger charge is -2.11. The first-order valence-corrected chi connectivity index (χ1v) is 7.60. The van der Waals surface area contributed by atoms with Gasteiger partial charge in [0.25, 0.3) is 0 Å². The summed E-state index contributed by atoms with van der Waals surface area (Å²) in [7, 11) is 0. The van der Waals surface area contributed by atoms with Gasteiger partial charge in [0.1, 0.15) is 0 Å². The molecule has 0 aromatic heterocycles. The van der Waals surface area contributed by atoms with E-state index in [-0.39, 0.29) is 0 Å². The van der Waals surface area contributed by atoms with Crippen LogP contribution in [0.5, 0.6) is 0 Å². The lowest BCUT2D eigenvalue weighted by molar-refractivity contribution is 0.574. The Morgan fingerprint density at radius 3 is 2.67 bits per heavy atom. The van der Waals surface area contributed by atoms with Gasteiger partial charge in [0.2, 0.25) is 0 Å². The minimum absolute atomic E-state index is 0.710. The lowest BCUT2D eigenvalue weighted by Crippen LogP contribution is -2.21. The van der Waals surface area contributed by atoms with Crippen molar-refractivity contribution >= 4 is 22.5 Å². The molecule has 0 bridgehead atoms. The molecule has 1 nitrogen and oxygen atoms in total. The highest BCUT2D eigenvalue weighted by Gasteiger charge is 2.03. The summed E-state index contributed by atoms with van der Waals surface area (Å²) in [5, 5.41) is 6.06. The Hall–Kier alpha value is -0.990. The molecule has 0 fully saturated rings. The average Bonchev–Trinajstić information content (AvgIpc) is 2.42. The molecular weight excluding hydrogens is 238 g/mol. The van der Waals surface area contributed by atoms with Gasteiger partial charge in [-0.05, 0) is 41.9 Å². The van der Waals surface area contributed by atoms with Gasteiger partial charge in [-0.1, -0.05) is 44.2 Å². The molecule has 0 saturated carbocycles. The van der Waals surface area contributed by atoms with E-state index in [1.165, 1.54) is 21.4 Å². The largest absolute Gasteiger partial charge is 0.317 e. The molecule has 2 aromatic rings. The molecule has 2 rings (SSSR count). The fourth-order valence-electron chi connectivity index (χ4n) is 1.95. The Kier molecular flexibility index (Phi) is 5.09. The lowest BCUT2D eigenvalue weighted by atomic mass is 10.1. The maximum Gasteiger partial charge on any atom is 0.00784 e. The van der Waals surface area contributed by atoms with Crippen molar-refractivity contribution in [1.82, 2.24) is 5.32 Å². The molecule has 0 saturated heterocycles. The number of thioether (sulfide) groups is 1. The van der Waals surface area contributed by atoms with E-state index in [1.54, 1.807) is 0 Å². The van der Waals surface area contributed by atoms with Gasteiger partial charge in [-0.2, -0.15) is 0 Å². The monoisotopic (exact) mass is 259 g/mol. The maximum absolute atomic E-state index is 3.40. The van der Waals surface area contributed by atoms with E-state index < -0.39 is 0 Å². The minimum Gasteiger partial charge on any atom is -0.317 e. The first-order valence-electron chi connectivity index (χ1n) is 6.62. The smallest absolute Gasteiger partial charge is 0.00784 e. The van der Waals surface area contributed by atoms with E-state index in [9.17, 15) is 0 Å². The quantitative estimate of drug-likeness (QED) is 0.781. The van der Waals surface area contributed by atoms with Gasteiger partial charge in [0.15, 0.2) is 0 Å². The summed E-state index contributed by atoms with van der Waals surface area (Å²) in [6, 6.07) is 15.3. The first-order chi connectivity index (χ1) is 8.79. The van der Waals surface area contributed by atoms with Crippen LogP contribution in [0.4, 0.5) is 0 Å². The van der Waals surface area contributed by atoms with Crippen LogP contribution in [0.25, 0.3) is 10.8 Å². The van der Waals surface area contributed by atoms with E-state index in [2.05, 4.69) is 61.6 Å². The van der Waals surface area contributed by atoms with Crippen LogP contribution in [0.3, 0.4) is 0 Å². The van der Waals surface area contributed by atoms with Crippen LogP contribution >= 0.6 is 11.8 Å². The summed E-state index contributed by atoms with van der Waals surface area (Å²) in [6.07, 6.45) is 0. The van der Waals surface area contributed by atoms with Crippen molar-refractivity contribution in [3.63, 3.8) is 0 Å². The maximum atomic E-state index is 3.40. The molecule has 0 aliphatic rings. The third kappa shape index (κ3) is 3.76. The van der Waals surface area contributed by atoms with Crippen molar-refractivity contribution < 1.29 is 0 Å².